The maximum absolute atomic E-state index is 10.7. The zero-order chi connectivity index (χ0) is 12.4. The lowest BCUT2D eigenvalue weighted by molar-refractivity contribution is -0.384. The predicted octanol–water partition coefficient (Wildman–Crippen LogP) is 2.18. The topological polar surface area (TPSA) is 87.0 Å². The Morgan fingerprint density at radius 2 is 2.29 bits per heavy atom. The fourth-order valence-electron chi connectivity index (χ4n) is 1.44. The Labute approximate surface area is 105 Å². The van der Waals surface area contributed by atoms with Gasteiger partial charge in [-0.05, 0) is 22.0 Å². The minimum atomic E-state index is -0.443. The molecule has 7 heteroatoms. The summed E-state index contributed by atoms with van der Waals surface area (Å²) >= 11 is 3.28. The number of nitro benzene ring substituents is 1. The highest BCUT2D eigenvalue weighted by atomic mass is 79.9. The molecule has 0 amide bonds. The number of aromatic nitrogens is 2. The molecule has 0 radical (unpaired) electrons. The Balaban J connectivity index is 2.31. The van der Waals surface area contributed by atoms with E-state index in [4.69, 9.17) is 5.73 Å². The van der Waals surface area contributed by atoms with E-state index in [9.17, 15) is 10.1 Å². The molecule has 17 heavy (non-hydrogen) atoms. The third kappa shape index (κ3) is 2.62. The number of benzene rings is 1. The summed E-state index contributed by atoms with van der Waals surface area (Å²) in [6, 6.07) is 4.38. The van der Waals surface area contributed by atoms with E-state index in [1.54, 1.807) is 17.1 Å². The number of rotatable bonds is 3. The van der Waals surface area contributed by atoms with Crippen LogP contribution < -0.4 is 5.73 Å². The summed E-state index contributed by atoms with van der Waals surface area (Å²) in [4.78, 5) is 10.2. The highest BCUT2D eigenvalue weighted by Crippen LogP contribution is 2.20. The molecule has 2 aromatic rings. The van der Waals surface area contributed by atoms with E-state index < -0.39 is 4.92 Å². The Hall–Kier alpha value is -1.89. The standard InChI is InChI=1S/C10H9BrN4O2/c11-8-4-13-14(6-8)5-7-3-9(15(16)17)1-2-10(7)12/h1-4,6H,5,12H2. The molecule has 1 heterocycles. The van der Waals surface area contributed by atoms with Gasteiger partial charge in [0.25, 0.3) is 5.69 Å². The molecule has 0 saturated heterocycles. The van der Waals surface area contributed by atoms with E-state index >= 15 is 0 Å². The Kier molecular flexibility index (Phi) is 3.10. The summed E-state index contributed by atoms with van der Waals surface area (Å²) in [5, 5.41) is 14.7. The molecule has 0 aliphatic carbocycles. The summed E-state index contributed by atoms with van der Waals surface area (Å²) < 4.78 is 2.50. The van der Waals surface area contributed by atoms with Gasteiger partial charge in [0.1, 0.15) is 0 Å². The number of hydrogen-bond donors (Lipinski definition) is 1. The van der Waals surface area contributed by atoms with Crippen molar-refractivity contribution in [3.63, 3.8) is 0 Å². The normalized spacial score (nSPS) is 10.4. The van der Waals surface area contributed by atoms with Gasteiger partial charge >= 0.3 is 0 Å². The molecule has 0 saturated carbocycles. The second-order valence-electron chi connectivity index (χ2n) is 3.50. The second-order valence-corrected chi connectivity index (χ2v) is 4.41. The van der Waals surface area contributed by atoms with Crippen LogP contribution in [0, 0.1) is 10.1 Å². The lowest BCUT2D eigenvalue weighted by Crippen LogP contribution is -2.04. The van der Waals surface area contributed by atoms with Crippen molar-refractivity contribution in [3.05, 3.63) is 50.7 Å². The Morgan fingerprint density at radius 3 is 2.88 bits per heavy atom. The van der Waals surface area contributed by atoms with E-state index in [0.717, 1.165) is 4.47 Å². The third-order valence-corrected chi connectivity index (χ3v) is 2.68. The largest absolute Gasteiger partial charge is 0.398 e. The van der Waals surface area contributed by atoms with Crippen molar-refractivity contribution in [2.24, 2.45) is 0 Å². The van der Waals surface area contributed by atoms with Crippen molar-refractivity contribution in [3.8, 4) is 0 Å². The lowest BCUT2D eigenvalue weighted by Gasteiger charge is -2.05. The van der Waals surface area contributed by atoms with Gasteiger partial charge in [0, 0.05) is 29.6 Å². The van der Waals surface area contributed by atoms with Crippen LogP contribution in [0.15, 0.2) is 35.1 Å². The number of halogens is 1. The highest BCUT2D eigenvalue weighted by Gasteiger charge is 2.09. The first-order valence-corrected chi connectivity index (χ1v) is 5.56. The molecule has 88 valence electrons. The molecule has 0 fully saturated rings. The average Bonchev–Trinajstić information content (AvgIpc) is 2.67. The molecule has 1 aromatic carbocycles. The van der Waals surface area contributed by atoms with E-state index in [-0.39, 0.29) is 5.69 Å². The smallest absolute Gasteiger partial charge is 0.269 e. The van der Waals surface area contributed by atoms with Gasteiger partial charge in [0.15, 0.2) is 0 Å². The first kappa shape index (κ1) is 11.6. The van der Waals surface area contributed by atoms with Gasteiger partial charge in [-0.25, -0.2) is 0 Å². The van der Waals surface area contributed by atoms with Gasteiger partial charge in [0.05, 0.1) is 22.1 Å². The molecular weight excluding hydrogens is 288 g/mol. The molecular formula is C10H9BrN4O2. The van der Waals surface area contributed by atoms with Crippen LogP contribution >= 0.6 is 15.9 Å². The van der Waals surface area contributed by atoms with Crippen molar-refractivity contribution in [1.29, 1.82) is 0 Å². The van der Waals surface area contributed by atoms with Crippen molar-refractivity contribution in [2.45, 2.75) is 6.54 Å². The molecule has 0 unspecified atom stereocenters. The maximum Gasteiger partial charge on any atom is 0.269 e. The average molecular weight is 297 g/mol. The van der Waals surface area contributed by atoms with Crippen molar-refractivity contribution >= 4 is 27.3 Å². The molecule has 6 nitrogen and oxygen atoms in total. The summed E-state index contributed by atoms with van der Waals surface area (Å²) in [5.41, 5.74) is 6.99. The SMILES string of the molecule is Nc1ccc([N+](=O)[O-])cc1Cn1cc(Br)cn1. The zero-order valence-electron chi connectivity index (χ0n) is 8.71. The maximum atomic E-state index is 10.7. The zero-order valence-corrected chi connectivity index (χ0v) is 10.3. The van der Waals surface area contributed by atoms with Gasteiger partial charge in [-0.15, -0.1) is 0 Å². The van der Waals surface area contributed by atoms with E-state index in [1.807, 2.05) is 0 Å². The summed E-state index contributed by atoms with van der Waals surface area (Å²) in [5.74, 6) is 0. The van der Waals surface area contributed by atoms with Gasteiger partial charge < -0.3 is 5.73 Å². The quantitative estimate of drug-likeness (QED) is 0.534. The van der Waals surface area contributed by atoms with Gasteiger partial charge in [-0.3, -0.25) is 14.8 Å². The molecule has 0 atom stereocenters. The minimum Gasteiger partial charge on any atom is -0.398 e. The number of non-ortho nitro benzene ring substituents is 1. The predicted molar refractivity (Wildman–Crippen MR) is 66.5 cm³/mol. The van der Waals surface area contributed by atoms with Crippen LogP contribution in [0.3, 0.4) is 0 Å². The monoisotopic (exact) mass is 296 g/mol. The van der Waals surface area contributed by atoms with Crippen molar-refractivity contribution in [2.75, 3.05) is 5.73 Å². The number of nitrogens with zero attached hydrogens (tertiary/aromatic N) is 3. The number of nitro groups is 1. The van der Waals surface area contributed by atoms with Crippen LogP contribution in [0.4, 0.5) is 11.4 Å². The van der Waals surface area contributed by atoms with Crippen LogP contribution in [0.5, 0.6) is 0 Å². The fourth-order valence-corrected chi connectivity index (χ4v) is 1.77. The summed E-state index contributed by atoms with van der Waals surface area (Å²) in [6.07, 6.45) is 3.42. The van der Waals surface area contributed by atoms with Crippen molar-refractivity contribution in [1.82, 2.24) is 9.78 Å². The molecule has 2 N–H and O–H groups in total. The van der Waals surface area contributed by atoms with Crippen LogP contribution in [-0.2, 0) is 6.54 Å². The van der Waals surface area contributed by atoms with Crippen molar-refractivity contribution < 1.29 is 4.92 Å². The number of nitrogens with two attached hydrogens (primary N) is 1. The van der Waals surface area contributed by atoms with Crippen LogP contribution in [0.1, 0.15) is 5.56 Å². The highest BCUT2D eigenvalue weighted by molar-refractivity contribution is 9.10. The van der Waals surface area contributed by atoms with Gasteiger partial charge in [0.2, 0.25) is 0 Å². The van der Waals surface area contributed by atoms with Crippen LogP contribution in [-0.4, -0.2) is 14.7 Å². The third-order valence-electron chi connectivity index (χ3n) is 2.27. The lowest BCUT2D eigenvalue weighted by atomic mass is 10.1. The van der Waals surface area contributed by atoms with Gasteiger partial charge in [-0.1, -0.05) is 0 Å². The Bertz CT molecular complexity index is 567. The van der Waals surface area contributed by atoms with E-state index in [2.05, 4.69) is 21.0 Å². The van der Waals surface area contributed by atoms with Crippen LogP contribution in [0.2, 0.25) is 0 Å². The Morgan fingerprint density at radius 1 is 1.53 bits per heavy atom. The number of anilines is 1. The molecule has 2 rings (SSSR count). The molecule has 0 aliphatic rings. The van der Waals surface area contributed by atoms with Crippen LogP contribution in [0.25, 0.3) is 0 Å². The molecule has 0 aliphatic heterocycles. The summed E-state index contributed by atoms with van der Waals surface area (Å²) in [6.45, 7) is 0.402. The number of hydrogen-bond acceptors (Lipinski definition) is 4. The fraction of sp³-hybridized carbons (Fsp3) is 0.100. The minimum absolute atomic E-state index is 0.0282. The molecule has 0 bridgehead atoms. The molecule has 0 spiro atoms. The molecule has 1 aromatic heterocycles. The first-order chi connectivity index (χ1) is 8.06. The summed E-state index contributed by atoms with van der Waals surface area (Å²) in [7, 11) is 0. The van der Waals surface area contributed by atoms with E-state index in [0.29, 0.717) is 17.8 Å². The number of nitrogen functional groups attached to an aromatic ring is 1. The first-order valence-electron chi connectivity index (χ1n) is 4.77. The van der Waals surface area contributed by atoms with E-state index in [1.165, 1.54) is 18.2 Å². The second kappa shape index (κ2) is 4.54. The van der Waals surface area contributed by atoms with Gasteiger partial charge in [-0.2, -0.15) is 5.10 Å².